The summed E-state index contributed by atoms with van der Waals surface area (Å²) in [4.78, 5) is 6.51. The topological polar surface area (TPSA) is 12.9 Å². The molecule has 0 spiro atoms. The Kier molecular flexibility index (Phi) is 5.14. The predicted octanol–water partition coefficient (Wildman–Crippen LogP) is 10.4. The minimum Gasteiger partial charge on any atom is -0.256 e. The van der Waals surface area contributed by atoms with Crippen LogP contribution in [0.5, 0.6) is 0 Å². The van der Waals surface area contributed by atoms with Crippen molar-refractivity contribution in [3.05, 3.63) is 64.0 Å². The Morgan fingerprint density at radius 3 is 2.47 bits per heavy atom. The molecule has 4 heteroatoms. The molecule has 0 atom stereocenters. The Hall–Kier alpha value is -2.27. The highest BCUT2D eigenvalue weighted by atomic mass is 32.1. The average molecular weight is 500 g/mol. The summed E-state index contributed by atoms with van der Waals surface area (Å²) in [6.07, 6.45) is 3.14. The van der Waals surface area contributed by atoms with Crippen molar-refractivity contribution in [1.82, 2.24) is 4.98 Å². The lowest BCUT2D eigenvalue weighted by molar-refractivity contribution is 0.597. The van der Waals surface area contributed by atoms with Gasteiger partial charge in [-0.05, 0) is 76.9 Å². The van der Waals surface area contributed by atoms with Gasteiger partial charge in [0.25, 0.3) is 0 Å². The van der Waals surface area contributed by atoms with Gasteiger partial charge in [-0.15, -0.1) is 34.0 Å². The fourth-order valence-electron chi connectivity index (χ4n) is 5.12. The molecule has 0 bridgehead atoms. The molecule has 0 aliphatic heterocycles. The Labute approximate surface area is 213 Å². The number of benzene rings is 2. The van der Waals surface area contributed by atoms with Crippen LogP contribution in [-0.4, -0.2) is 4.98 Å². The molecule has 2 aromatic carbocycles. The van der Waals surface area contributed by atoms with Gasteiger partial charge in [0, 0.05) is 51.6 Å². The zero-order chi connectivity index (χ0) is 23.8. The SMILES string of the molecule is Cc1c(CC(C)C)sc2ccc3c(sc4ccnc(-c5cc(C(C)(C)C)c6sccc6c5)c43)c12. The van der Waals surface area contributed by atoms with Crippen LogP contribution in [0.2, 0.25) is 0 Å². The number of hydrogen-bond acceptors (Lipinski definition) is 4. The maximum Gasteiger partial charge on any atom is 0.0795 e. The summed E-state index contributed by atoms with van der Waals surface area (Å²) in [6, 6.07) is 13.8. The number of nitrogens with zero attached hydrogens (tertiary/aromatic N) is 1. The highest BCUT2D eigenvalue weighted by Crippen LogP contribution is 2.46. The molecule has 172 valence electrons. The van der Waals surface area contributed by atoms with Gasteiger partial charge in [-0.2, -0.15) is 0 Å². The smallest absolute Gasteiger partial charge is 0.0795 e. The Bertz CT molecular complexity index is 1700. The molecule has 0 saturated carbocycles. The molecular formula is C30H29NS3. The first-order valence-electron chi connectivity index (χ1n) is 12.0. The number of rotatable bonds is 3. The van der Waals surface area contributed by atoms with E-state index in [9.17, 15) is 0 Å². The lowest BCUT2D eigenvalue weighted by Crippen LogP contribution is -2.11. The van der Waals surface area contributed by atoms with Crippen LogP contribution in [0.1, 0.15) is 50.6 Å². The van der Waals surface area contributed by atoms with Crippen molar-refractivity contribution >= 4 is 74.4 Å². The third kappa shape index (κ3) is 3.42. The molecule has 0 unspecified atom stereocenters. The molecule has 0 aliphatic rings. The van der Waals surface area contributed by atoms with Crippen LogP contribution in [0.3, 0.4) is 0 Å². The fraction of sp³-hybridized carbons (Fsp3) is 0.300. The molecule has 4 aromatic heterocycles. The van der Waals surface area contributed by atoms with Gasteiger partial charge in [-0.3, -0.25) is 4.98 Å². The lowest BCUT2D eigenvalue weighted by atomic mass is 9.85. The Morgan fingerprint density at radius 2 is 1.71 bits per heavy atom. The van der Waals surface area contributed by atoms with Crippen LogP contribution in [0.4, 0.5) is 0 Å². The first-order valence-corrected chi connectivity index (χ1v) is 14.5. The first kappa shape index (κ1) is 22.2. The van der Waals surface area contributed by atoms with Crippen LogP contribution in [0.15, 0.2) is 48.0 Å². The van der Waals surface area contributed by atoms with E-state index in [2.05, 4.69) is 83.3 Å². The van der Waals surface area contributed by atoms with E-state index in [1.54, 1.807) is 0 Å². The summed E-state index contributed by atoms with van der Waals surface area (Å²) >= 11 is 5.75. The number of thiophene rings is 3. The van der Waals surface area contributed by atoms with E-state index in [0.717, 1.165) is 12.1 Å². The molecule has 0 aliphatic carbocycles. The summed E-state index contributed by atoms with van der Waals surface area (Å²) in [6.45, 7) is 13.9. The summed E-state index contributed by atoms with van der Waals surface area (Å²) in [5, 5.41) is 7.63. The van der Waals surface area contributed by atoms with Crippen molar-refractivity contribution < 1.29 is 0 Å². The van der Waals surface area contributed by atoms with Crippen molar-refractivity contribution in [2.24, 2.45) is 5.92 Å². The first-order chi connectivity index (χ1) is 16.2. The molecule has 0 N–H and O–H groups in total. The van der Waals surface area contributed by atoms with Gasteiger partial charge < -0.3 is 0 Å². The maximum absolute atomic E-state index is 4.97. The fourth-order valence-corrected chi connectivity index (χ4v) is 9.02. The van der Waals surface area contributed by atoms with Crippen molar-refractivity contribution in [3.63, 3.8) is 0 Å². The molecule has 4 heterocycles. The molecule has 6 aromatic rings. The molecule has 0 fully saturated rings. The second-order valence-corrected chi connectivity index (χ2v) is 13.9. The molecule has 0 radical (unpaired) electrons. The predicted molar refractivity (Wildman–Crippen MR) is 155 cm³/mol. The normalized spacial score (nSPS) is 12.8. The second-order valence-electron chi connectivity index (χ2n) is 10.8. The summed E-state index contributed by atoms with van der Waals surface area (Å²) in [7, 11) is 0. The van der Waals surface area contributed by atoms with E-state index in [-0.39, 0.29) is 5.41 Å². The van der Waals surface area contributed by atoms with Gasteiger partial charge >= 0.3 is 0 Å². The largest absolute Gasteiger partial charge is 0.256 e. The van der Waals surface area contributed by atoms with Crippen LogP contribution >= 0.6 is 34.0 Å². The summed E-state index contributed by atoms with van der Waals surface area (Å²) in [5.41, 5.74) is 5.29. The van der Waals surface area contributed by atoms with Crippen molar-refractivity contribution in [3.8, 4) is 11.3 Å². The molecule has 0 saturated heterocycles. The molecule has 6 rings (SSSR count). The van der Waals surface area contributed by atoms with E-state index < -0.39 is 0 Å². The quantitative estimate of drug-likeness (QED) is 0.236. The highest BCUT2D eigenvalue weighted by molar-refractivity contribution is 7.28. The third-order valence-corrected chi connectivity index (χ3v) is 10.2. The number of aryl methyl sites for hydroxylation is 1. The molecule has 0 amide bonds. The summed E-state index contributed by atoms with van der Waals surface area (Å²) in [5.74, 6) is 0.671. The maximum atomic E-state index is 4.97. The average Bonchev–Trinajstić information content (AvgIpc) is 3.47. The van der Waals surface area contributed by atoms with E-state index in [0.29, 0.717) is 5.92 Å². The third-order valence-electron chi connectivity index (χ3n) is 6.77. The molecule has 34 heavy (non-hydrogen) atoms. The second kappa shape index (κ2) is 7.87. The van der Waals surface area contributed by atoms with Gasteiger partial charge in [-0.25, -0.2) is 0 Å². The molecule has 1 nitrogen and oxygen atoms in total. The van der Waals surface area contributed by atoms with E-state index in [1.165, 1.54) is 61.9 Å². The van der Waals surface area contributed by atoms with Crippen molar-refractivity contribution in [2.45, 2.75) is 53.4 Å². The van der Waals surface area contributed by atoms with E-state index in [1.807, 2.05) is 40.2 Å². The summed E-state index contributed by atoms with van der Waals surface area (Å²) < 4.78 is 5.55. The zero-order valence-corrected chi connectivity index (χ0v) is 23.0. The van der Waals surface area contributed by atoms with Crippen LogP contribution in [-0.2, 0) is 11.8 Å². The van der Waals surface area contributed by atoms with Crippen molar-refractivity contribution in [1.29, 1.82) is 0 Å². The van der Waals surface area contributed by atoms with Gasteiger partial charge in [-0.1, -0.05) is 40.7 Å². The zero-order valence-electron chi connectivity index (χ0n) is 20.6. The van der Waals surface area contributed by atoms with Crippen LogP contribution in [0, 0.1) is 12.8 Å². The number of pyridine rings is 1. The Morgan fingerprint density at radius 1 is 0.912 bits per heavy atom. The monoisotopic (exact) mass is 499 g/mol. The Balaban J connectivity index is 1.66. The number of fused-ring (bicyclic) bond motifs is 6. The lowest BCUT2D eigenvalue weighted by Gasteiger charge is -2.21. The van der Waals surface area contributed by atoms with E-state index >= 15 is 0 Å². The van der Waals surface area contributed by atoms with E-state index in [4.69, 9.17) is 4.98 Å². The van der Waals surface area contributed by atoms with Crippen LogP contribution < -0.4 is 0 Å². The minimum atomic E-state index is 0.0799. The van der Waals surface area contributed by atoms with Crippen molar-refractivity contribution in [2.75, 3.05) is 0 Å². The number of aromatic nitrogens is 1. The van der Waals surface area contributed by atoms with Gasteiger partial charge in [0.2, 0.25) is 0 Å². The van der Waals surface area contributed by atoms with Gasteiger partial charge in [0.1, 0.15) is 0 Å². The minimum absolute atomic E-state index is 0.0799. The molecular weight excluding hydrogens is 471 g/mol. The standard InChI is InChI=1S/C30H29NS3/c1-16(2)13-24-17(3)25-22(33-24)8-7-20-26-23(34-29(20)25)9-11-31-27(26)19-14-18-10-12-32-28(18)21(15-19)30(4,5)6/h7-12,14-16H,13H2,1-6H3. The highest BCUT2D eigenvalue weighted by Gasteiger charge is 2.22. The number of hydrogen-bond donors (Lipinski definition) is 0. The van der Waals surface area contributed by atoms with Crippen LogP contribution in [0.25, 0.3) is 51.6 Å². The van der Waals surface area contributed by atoms with Gasteiger partial charge in [0.05, 0.1) is 5.69 Å². The van der Waals surface area contributed by atoms with Gasteiger partial charge in [0.15, 0.2) is 0 Å².